The van der Waals surface area contributed by atoms with E-state index in [9.17, 15) is 9.90 Å². The Morgan fingerprint density at radius 1 is 1.71 bits per heavy atom. The summed E-state index contributed by atoms with van der Waals surface area (Å²) in [6, 6.07) is 3.26. The molecule has 1 saturated heterocycles. The van der Waals surface area contributed by atoms with Crippen molar-refractivity contribution >= 4 is 5.97 Å². The van der Waals surface area contributed by atoms with Crippen LogP contribution in [-0.2, 0) is 9.53 Å². The summed E-state index contributed by atoms with van der Waals surface area (Å²) in [5, 5.41) is 12.1. The number of hydrogen-bond acceptors (Lipinski definition) is 5. The number of nitrogens with one attached hydrogen (secondary N) is 1. The Hall–Kier alpha value is -1.33. The lowest BCUT2D eigenvalue weighted by molar-refractivity contribution is -0.174. The van der Waals surface area contributed by atoms with Crippen LogP contribution in [0.2, 0.25) is 0 Å². The first kappa shape index (κ1) is 9.23. The van der Waals surface area contributed by atoms with E-state index in [0.717, 1.165) is 0 Å². The Bertz CT molecular complexity index is 322. The Labute approximate surface area is 80.7 Å². The van der Waals surface area contributed by atoms with E-state index in [1.165, 1.54) is 13.2 Å². The summed E-state index contributed by atoms with van der Waals surface area (Å²) >= 11 is 0. The highest BCUT2D eigenvalue weighted by molar-refractivity contribution is 5.66. The Morgan fingerprint density at radius 3 is 3.00 bits per heavy atom. The molecule has 0 bridgehead atoms. The molecule has 1 aliphatic rings. The number of hydrogen-bond donors (Lipinski definition) is 2. The molecule has 1 aromatic heterocycles. The summed E-state index contributed by atoms with van der Waals surface area (Å²) in [4.78, 5) is 10.7. The van der Waals surface area contributed by atoms with E-state index in [-0.39, 0.29) is 6.04 Å². The number of rotatable bonds is 2. The normalized spacial score (nSPS) is 30.9. The molecule has 0 amide bonds. The molecule has 2 N–H and O–H groups in total. The molecule has 76 valence electrons. The maximum absolute atomic E-state index is 10.7. The third-order valence-corrected chi connectivity index (χ3v) is 2.14. The lowest BCUT2D eigenvalue weighted by Crippen LogP contribution is -2.60. The van der Waals surface area contributed by atoms with Gasteiger partial charge in [0.1, 0.15) is 18.0 Å². The summed E-state index contributed by atoms with van der Waals surface area (Å²) in [6.07, 6.45) is 0.166. The summed E-state index contributed by atoms with van der Waals surface area (Å²) in [6.45, 7) is 1.31. The monoisotopic (exact) mass is 197 g/mol. The quantitative estimate of drug-likeness (QED) is 0.661. The highest BCUT2D eigenvalue weighted by Gasteiger charge is 2.44. The molecule has 0 saturated carbocycles. The fourth-order valence-electron chi connectivity index (χ4n) is 1.47. The van der Waals surface area contributed by atoms with E-state index in [1.54, 1.807) is 12.1 Å². The second kappa shape index (κ2) is 3.43. The Morgan fingerprint density at radius 2 is 2.50 bits per heavy atom. The van der Waals surface area contributed by atoms with E-state index in [2.05, 4.69) is 5.32 Å². The van der Waals surface area contributed by atoms with E-state index in [0.29, 0.717) is 5.76 Å². The number of aliphatic hydroxyl groups excluding tert-OH is 1. The molecule has 3 atom stereocenters. The molecule has 2 heterocycles. The van der Waals surface area contributed by atoms with E-state index in [1.807, 2.05) is 0 Å². The van der Waals surface area contributed by atoms with Gasteiger partial charge in [-0.05, 0) is 12.1 Å². The SMILES string of the molecule is CC(=O)OC1C(O)NC1c1ccco1. The third kappa shape index (κ3) is 1.51. The van der Waals surface area contributed by atoms with Crippen molar-refractivity contribution in [2.75, 3.05) is 0 Å². The smallest absolute Gasteiger partial charge is 0.303 e. The average Bonchev–Trinajstić information content (AvgIpc) is 2.62. The van der Waals surface area contributed by atoms with Crippen molar-refractivity contribution < 1.29 is 19.1 Å². The highest BCUT2D eigenvalue weighted by atomic mass is 16.6. The molecule has 5 nitrogen and oxygen atoms in total. The average molecular weight is 197 g/mol. The highest BCUT2D eigenvalue weighted by Crippen LogP contribution is 2.30. The Balaban J connectivity index is 2.05. The third-order valence-electron chi connectivity index (χ3n) is 2.14. The largest absolute Gasteiger partial charge is 0.468 e. The van der Waals surface area contributed by atoms with Gasteiger partial charge in [-0.2, -0.15) is 0 Å². The lowest BCUT2D eigenvalue weighted by Gasteiger charge is -2.40. The van der Waals surface area contributed by atoms with Crippen LogP contribution >= 0.6 is 0 Å². The van der Waals surface area contributed by atoms with Crippen LogP contribution in [0.25, 0.3) is 0 Å². The van der Waals surface area contributed by atoms with E-state index < -0.39 is 18.3 Å². The van der Waals surface area contributed by atoms with Gasteiger partial charge in [0.2, 0.25) is 0 Å². The van der Waals surface area contributed by atoms with Gasteiger partial charge in [-0.1, -0.05) is 0 Å². The maximum atomic E-state index is 10.7. The summed E-state index contributed by atoms with van der Waals surface area (Å²) < 4.78 is 10.1. The van der Waals surface area contributed by atoms with Gasteiger partial charge >= 0.3 is 5.97 Å². The molecular formula is C9H11NO4. The predicted octanol–water partition coefficient (Wildman–Crippen LogP) is 0.174. The zero-order chi connectivity index (χ0) is 10.1. The van der Waals surface area contributed by atoms with Crippen molar-refractivity contribution in [3.05, 3.63) is 24.2 Å². The zero-order valence-electron chi connectivity index (χ0n) is 7.64. The molecule has 0 spiro atoms. The van der Waals surface area contributed by atoms with Crippen LogP contribution in [0.4, 0.5) is 0 Å². The number of carbonyl (C=O) groups is 1. The first-order valence-electron chi connectivity index (χ1n) is 4.33. The van der Waals surface area contributed by atoms with Crippen LogP contribution in [0.1, 0.15) is 18.7 Å². The Kier molecular flexibility index (Phi) is 2.26. The number of aliphatic hydroxyl groups is 1. The summed E-state index contributed by atoms with van der Waals surface area (Å²) in [5.41, 5.74) is 0. The van der Waals surface area contributed by atoms with Crippen LogP contribution in [0.3, 0.4) is 0 Å². The molecule has 14 heavy (non-hydrogen) atoms. The van der Waals surface area contributed by atoms with Gasteiger partial charge in [0.15, 0.2) is 6.10 Å². The molecule has 2 rings (SSSR count). The first-order chi connectivity index (χ1) is 6.68. The molecule has 0 aliphatic carbocycles. The second-order valence-corrected chi connectivity index (χ2v) is 3.18. The molecule has 1 fully saturated rings. The number of carbonyl (C=O) groups excluding carboxylic acids is 1. The van der Waals surface area contributed by atoms with Crippen molar-refractivity contribution in [3.8, 4) is 0 Å². The maximum Gasteiger partial charge on any atom is 0.303 e. The number of furan rings is 1. The van der Waals surface area contributed by atoms with Gasteiger partial charge < -0.3 is 14.3 Å². The lowest BCUT2D eigenvalue weighted by atomic mass is 9.98. The predicted molar refractivity (Wildman–Crippen MR) is 46.1 cm³/mol. The summed E-state index contributed by atoms with van der Waals surface area (Å²) in [5.74, 6) is 0.244. The van der Waals surface area contributed by atoms with Crippen LogP contribution in [-0.4, -0.2) is 23.4 Å². The van der Waals surface area contributed by atoms with Gasteiger partial charge in [0.05, 0.1) is 6.26 Å². The van der Waals surface area contributed by atoms with Crippen LogP contribution in [0, 0.1) is 0 Å². The van der Waals surface area contributed by atoms with Crippen LogP contribution in [0.5, 0.6) is 0 Å². The van der Waals surface area contributed by atoms with Crippen molar-refractivity contribution in [3.63, 3.8) is 0 Å². The van der Waals surface area contributed by atoms with Gasteiger partial charge in [-0.15, -0.1) is 0 Å². The standard InChI is InChI=1S/C9H11NO4/c1-5(11)14-8-7(10-9(8)12)6-3-2-4-13-6/h2-4,7-10,12H,1H3. The summed E-state index contributed by atoms with van der Waals surface area (Å²) in [7, 11) is 0. The van der Waals surface area contributed by atoms with Gasteiger partial charge in [0.25, 0.3) is 0 Å². The minimum atomic E-state index is -0.811. The van der Waals surface area contributed by atoms with Crippen molar-refractivity contribution in [2.24, 2.45) is 0 Å². The molecule has 5 heteroatoms. The fraction of sp³-hybridized carbons (Fsp3) is 0.444. The second-order valence-electron chi connectivity index (χ2n) is 3.18. The van der Waals surface area contributed by atoms with E-state index >= 15 is 0 Å². The van der Waals surface area contributed by atoms with E-state index in [4.69, 9.17) is 9.15 Å². The number of esters is 1. The van der Waals surface area contributed by atoms with Crippen molar-refractivity contribution in [1.29, 1.82) is 0 Å². The molecular weight excluding hydrogens is 186 g/mol. The molecule has 1 aliphatic heterocycles. The molecule has 1 aromatic rings. The van der Waals surface area contributed by atoms with Crippen molar-refractivity contribution in [1.82, 2.24) is 5.32 Å². The molecule has 0 radical (unpaired) electrons. The minimum Gasteiger partial charge on any atom is -0.468 e. The zero-order valence-corrected chi connectivity index (χ0v) is 7.64. The molecule has 3 unspecified atom stereocenters. The fourth-order valence-corrected chi connectivity index (χ4v) is 1.47. The topological polar surface area (TPSA) is 71.7 Å². The molecule has 0 aromatic carbocycles. The minimum absolute atomic E-state index is 0.246. The van der Waals surface area contributed by atoms with Gasteiger partial charge in [-0.25, -0.2) is 0 Å². The van der Waals surface area contributed by atoms with Crippen LogP contribution < -0.4 is 5.32 Å². The van der Waals surface area contributed by atoms with Crippen molar-refractivity contribution in [2.45, 2.75) is 25.3 Å². The van der Waals surface area contributed by atoms with Gasteiger partial charge in [0, 0.05) is 6.92 Å². The van der Waals surface area contributed by atoms with Gasteiger partial charge in [-0.3, -0.25) is 10.1 Å². The van der Waals surface area contributed by atoms with Crippen LogP contribution in [0.15, 0.2) is 22.8 Å². The number of ether oxygens (including phenoxy) is 1. The first-order valence-corrected chi connectivity index (χ1v) is 4.33.